The fourth-order valence-electron chi connectivity index (χ4n) is 2.99. The molecule has 2 aromatic carbocycles. The minimum atomic E-state index is -0.726. The Labute approximate surface area is 189 Å². The molecule has 6 nitrogen and oxygen atoms in total. The Bertz CT molecular complexity index is 1070. The lowest BCUT2D eigenvalue weighted by Crippen LogP contribution is -2.15. The number of ether oxygens (including phenoxy) is 3. The summed E-state index contributed by atoms with van der Waals surface area (Å²) in [5, 5.41) is 0.730. The van der Waals surface area contributed by atoms with Crippen molar-refractivity contribution in [3.8, 4) is 11.5 Å². The standard InChI is InChI=1S/C23H19Cl2NO5/c1-29-20-8-7-16(9-22(20)30-2)21(10-17-18(24)11-26-12-19(17)25)31-23(28)15-5-3-14(13-27)4-6-15/h3-9,11-13,21H,10H2,1-2H3/t21-/m1/s1. The van der Waals surface area contributed by atoms with Crippen molar-refractivity contribution in [2.24, 2.45) is 0 Å². The third kappa shape index (κ3) is 5.34. The van der Waals surface area contributed by atoms with E-state index < -0.39 is 12.1 Å². The maximum atomic E-state index is 12.8. The van der Waals surface area contributed by atoms with Crippen LogP contribution in [0.15, 0.2) is 54.9 Å². The SMILES string of the molecule is COc1ccc([C@@H](Cc2c(Cl)cncc2Cl)OC(=O)c2ccc(C=O)cc2)cc1OC. The highest BCUT2D eigenvalue weighted by atomic mass is 35.5. The molecule has 1 atom stereocenters. The van der Waals surface area contributed by atoms with E-state index in [0.717, 1.165) is 0 Å². The van der Waals surface area contributed by atoms with E-state index in [9.17, 15) is 9.59 Å². The third-order valence-electron chi connectivity index (χ3n) is 4.65. The zero-order chi connectivity index (χ0) is 22.4. The van der Waals surface area contributed by atoms with Crippen LogP contribution < -0.4 is 9.47 Å². The molecule has 3 aromatic rings. The van der Waals surface area contributed by atoms with Crippen LogP contribution in [0.2, 0.25) is 10.0 Å². The van der Waals surface area contributed by atoms with Crippen molar-refractivity contribution in [1.29, 1.82) is 0 Å². The molecule has 0 fully saturated rings. The Balaban J connectivity index is 1.97. The van der Waals surface area contributed by atoms with E-state index in [1.807, 2.05) is 0 Å². The molecular formula is C23H19Cl2NO5. The molecule has 8 heteroatoms. The topological polar surface area (TPSA) is 74.7 Å². The molecule has 0 saturated carbocycles. The zero-order valence-corrected chi connectivity index (χ0v) is 18.3. The largest absolute Gasteiger partial charge is 0.493 e. The number of rotatable bonds is 8. The lowest BCUT2D eigenvalue weighted by Gasteiger charge is -2.21. The van der Waals surface area contributed by atoms with Gasteiger partial charge in [-0.2, -0.15) is 0 Å². The normalized spacial score (nSPS) is 11.5. The fourth-order valence-corrected chi connectivity index (χ4v) is 3.51. The Morgan fingerprint density at radius 3 is 2.23 bits per heavy atom. The minimum Gasteiger partial charge on any atom is -0.493 e. The van der Waals surface area contributed by atoms with E-state index in [2.05, 4.69) is 4.98 Å². The van der Waals surface area contributed by atoms with Crippen molar-refractivity contribution >= 4 is 35.5 Å². The predicted octanol–water partition coefficient (Wildman–Crippen LogP) is 5.36. The molecule has 1 aromatic heterocycles. The van der Waals surface area contributed by atoms with Gasteiger partial charge in [0.15, 0.2) is 11.5 Å². The average molecular weight is 460 g/mol. The number of benzene rings is 2. The van der Waals surface area contributed by atoms with E-state index in [0.29, 0.717) is 50.1 Å². The van der Waals surface area contributed by atoms with Crippen molar-refractivity contribution < 1.29 is 23.8 Å². The van der Waals surface area contributed by atoms with Crippen molar-refractivity contribution in [2.45, 2.75) is 12.5 Å². The van der Waals surface area contributed by atoms with Gasteiger partial charge in [-0.3, -0.25) is 9.78 Å². The van der Waals surface area contributed by atoms with Crippen LogP contribution in [0, 0.1) is 0 Å². The van der Waals surface area contributed by atoms with E-state index in [1.165, 1.54) is 38.7 Å². The second-order valence-corrected chi connectivity index (χ2v) is 7.35. The Kier molecular flexibility index (Phi) is 7.50. The van der Waals surface area contributed by atoms with Crippen LogP contribution in [-0.4, -0.2) is 31.5 Å². The van der Waals surface area contributed by atoms with Gasteiger partial charge in [0.05, 0.1) is 29.8 Å². The lowest BCUT2D eigenvalue weighted by molar-refractivity contribution is 0.0297. The number of carbonyl (C=O) groups excluding carboxylic acids is 2. The first-order valence-electron chi connectivity index (χ1n) is 9.22. The first-order chi connectivity index (χ1) is 15.0. The highest BCUT2D eigenvalue weighted by Crippen LogP contribution is 2.35. The van der Waals surface area contributed by atoms with Crippen molar-refractivity contribution in [3.05, 3.63) is 87.2 Å². The molecule has 0 unspecified atom stereocenters. The average Bonchev–Trinajstić information content (AvgIpc) is 2.80. The van der Waals surface area contributed by atoms with E-state index in [1.54, 1.807) is 30.3 Å². The van der Waals surface area contributed by atoms with Gasteiger partial charge in [0.1, 0.15) is 12.4 Å². The molecule has 0 amide bonds. The van der Waals surface area contributed by atoms with Crippen LogP contribution in [0.1, 0.15) is 37.9 Å². The quantitative estimate of drug-likeness (QED) is 0.333. The number of aldehydes is 1. The summed E-state index contributed by atoms with van der Waals surface area (Å²) in [7, 11) is 3.06. The number of nitrogens with zero attached hydrogens (tertiary/aromatic N) is 1. The molecule has 0 aliphatic carbocycles. The summed E-state index contributed by atoms with van der Waals surface area (Å²) in [5.74, 6) is 0.475. The molecule has 3 rings (SSSR count). The molecule has 0 aliphatic heterocycles. The van der Waals surface area contributed by atoms with Gasteiger partial charge >= 0.3 is 5.97 Å². The van der Waals surface area contributed by atoms with Crippen molar-refractivity contribution in [3.63, 3.8) is 0 Å². The van der Waals surface area contributed by atoms with Gasteiger partial charge < -0.3 is 14.2 Å². The number of aromatic nitrogens is 1. The molecule has 0 bridgehead atoms. The van der Waals surface area contributed by atoms with E-state index in [4.69, 9.17) is 37.4 Å². The molecule has 0 aliphatic rings. The Morgan fingerprint density at radius 2 is 1.65 bits per heavy atom. The summed E-state index contributed by atoms with van der Waals surface area (Å²) >= 11 is 12.6. The number of halogens is 2. The minimum absolute atomic E-state index is 0.216. The summed E-state index contributed by atoms with van der Waals surface area (Å²) in [5.41, 5.74) is 2.04. The number of esters is 1. The van der Waals surface area contributed by atoms with Crippen LogP contribution >= 0.6 is 23.2 Å². The highest BCUT2D eigenvalue weighted by molar-refractivity contribution is 6.35. The fraction of sp³-hybridized carbons (Fsp3) is 0.174. The van der Waals surface area contributed by atoms with Crippen LogP contribution in [0.3, 0.4) is 0 Å². The smallest absolute Gasteiger partial charge is 0.338 e. The van der Waals surface area contributed by atoms with Gasteiger partial charge in [-0.1, -0.05) is 41.4 Å². The second-order valence-electron chi connectivity index (χ2n) is 6.53. The summed E-state index contributed by atoms with van der Waals surface area (Å²) in [4.78, 5) is 27.6. The van der Waals surface area contributed by atoms with Gasteiger partial charge in [-0.05, 0) is 35.4 Å². The second kappa shape index (κ2) is 10.3. The van der Waals surface area contributed by atoms with Gasteiger partial charge in [0.2, 0.25) is 0 Å². The van der Waals surface area contributed by atoms with Crippen molar-refractivity contribution in [1.82, 2.24) is 4.98 Å². The number of pyridine rings is 1. The highest BCUT2D eigenvalue weighted by Gasteiger charge is 2.23. The van der Waals surface area contributed by atoms with E-state index in [-0.39, 0.29) is 6.42 Å². The van der Waals surface area contributed by atoms with Gasteiger partial charge in [0, 0.05) is 24.4 Å². The first-order valence-corrected chi connectivity index (χ1v) is 9.98. The molecule has 0 radical (unpaired) electrons. The summed E-state index contributed by atoms with van der Waals surface area (Å²) in [6.07, 6.45) is 3.15. The Hall–Kier alpha value is -3.09. The molecule has 160 valence electrons. The Morgan fingerprint density at radius 1 is 1.00 bits per heavy atom. The summed E-state index contributed by atoms with van der Waals surface area (Å²) in [6.45, 7) is 0. The zero-order valence-electron chi connectivity index (χ0n) is 16.8. The van der Waals surface area contributed by atoms with E-state index >= 15 is 0 Å². The van der Waals surface area contributed by atoms with Gasteiger partial charge in [-0.25, -0.2) is 4.79 Å². The van der Waals surface area contributed by atoms with Crippen LogP contribution in [-0.2, 0) is 11.2 Å². The van der Waals surface area contributed by atoms with Gasteiger partial charge in [-0.15, -0.1) is 0 Å². The molecule has 1 heterocycles. The summed E-state index contributed by atoms with van der Waals surface area (Å²) in [6, 6.07) is 11.4. The molecule has 0 spiro atoms. The molecular weight excluding hydrogens is 441 g/mol. The first kappa shape index (κ1) is 22.6. The lowest BCUT2D eigenvalue weighted by atomic mass is 10.0. The van der Waals surface area contributed by atoms with Crippen molar-refractivity contribution in [2.75, 3.05) is 14.2 Å². The maximum Gasteiger partial charge on any atom is 0.338 e. The van der Waals surface area contributed by atoms with Gasteiger partial charge in [0.25, 0.3) is 0 Å². The molecule has 31 heavy (non-hydrogen) atoms. The number of hydrogen-bond acceptors (Lipinski definition) is 6. The van der Waals surface area contributed by atoms with Crippen LogP contribution in [0.5, 0.6) is 11.5 Å². The summed E-state index contributed by atoms with van der Waals surface area (Å²) < 4.78 is 16.5. The maximum absolute atomic E-state index is 12.8. The third-order valence-corrected chi connectivity index (χ3v) is 5.30. The number of carbonyl (C=O) groups is 2. The molecule has 0 saturated heterocycles. The van der Waals surface area contributed by atoms with Crippen LogP contribution in [0.4, 0.5) is 0 Å². The van der Waals surface area contributed by atoms with Crippen LogP contribution in [0.25, 0.3) is 0 Å². The monoisotopic (exact) mass is 459 g/mol. The number of hydrogen-bond donors (Lipinski definition) is 0. The number of methoxy groups -OCH3 is 2. The predicted molar refractivity (Wildman–Crippen MR) is 117 cm³/mol. The molecule has 0 N–H and O–H groups in total.